The maximum absolute atomic E-state index is 13.4. The molecule has 1 N–H and O–H groups in total. The van der Waals surface area contributed by atoms with Gasteiger partial charge in [-0.1, -0.05) is 66.7 Å². The van der Waals surface area contributed by atoms with Crippen LogP contribution in [0.25, 0.3) is 5.57 Å². The Morgan fingerprint density at radius 2 is 1.51 bits per heavy atom. The minimum atomic E-state index is -0.864. The summed E-state index contributed by atoms with van der Waals surface area (Å²) in [4.78, 5) is 24.9. The molecule has 0 heterocycles. The molecule has 0 aliphatic heterocycles. The third-order valence-corrected chi connectivity index (χ3v) is 15.1. The molecule has 0 radical (unpaired) electrons. The van der Waals surface area contributed by atoms with E-state index < -0.39 is 5.97 Å². The Labute approximate surface area is 249 Å². The zero-order valence-corrected chi connectivity index (χ0v) is 27.0. The first kappa shape index (κ1) is 29.2. The van der Waals surface area contributed by atoms with E-state index >= 15 is 0 Å². The van der Waals surface area contributed by atoms with Gasteiger partial charge in [0.15, 0.2) is 0 Å². The highest BCUT2D eigenvalue weighted by molar-refractivity contribution is 5.88. The van der Waals surface area contributed by atoms with Crippen LogP contribution in [0.2, 0.25) is 0 Å². The zero-order valence-electron chi connectivity index (χ0n) is 27.0. The Morgan fingerprint density at radius 3 is 2.12 bits per heavy atom. The van der Waals surface area contributed by atoms with Gasteiger partial charge in [-0.05, 0) is 145 Å². The summed E-state index contributed by atoms with van der Waals surface area (Å²) in [7, 11) is 0. The summed E-state index contributed by atoms with van der Waals surface area (Å²) < 4.78 is 0. The van der Waals surface area contributed by atoms with Gasteiger partial charge in [0, 0.05) is 5.41 Å². The normalized spacial score (nSPS) is 44.7. The highest BCUT2D eigenvalue weighted by atomic mass is 16.4. The number of carbonyl (C=O) groups is 2. The standard InChI is InChI=1S/C38H54O3/c1-23(2)27-15-20-38(24(3)39)22-21-36(7)29(32(27)38)13-14-31-35(6)18-16-28(25-9-11-26(12-10-25)33(40)41)34(4,5)30(35)17-19-37(31,36)8/h9-12,16,23,27,29-32H,13-15,17-22H2,1-8H3,(H,40,41)/t27-,29+,30-,31+,32+,35-,36+,37+,38+/m0/s1. The lowest BCUT2D eigenvalue weighted by Crippen LogP contribution is -2.65. The number of allylic oxidation sites excluding steroid dienone is 2. The Hall–Kier alpha value is -1.90. The first-order valence-electron chi connectivity index (χ1n) is 16.7. The van der Waals surface area contributed by atoms with Gasteiger partial charge in [0.1, 0.15) is 5.78 Å². The summed E-state index contributed by atoms with van der Waals surface area (Å²) in [6.45, 7) is 19.6. The maximum Gasteiger partial charge on any atom is 0.335 e. The van der Waals surface area contributed by atoms with Crippen LogP contribution < -0.4 is 0 Å². The molecule has 5 aliphatic carbocycles. The lowest BCUT2D eigenvalue weighted by atomic mass is 9.32. The van der Waals surface area contributed by atoms with Crippen LogP contribution in [-0.4, -0.2) is 16.9 Å². The second kappa shape index (κ2) is 9.30. The van der Waals surface area contributed by atoms with E-state index in [1.54, 1.807) is 12.1 Å². The van der Waals surface area contributed by atoms with E-state index in [4.69, 9.17) is 0 Å². The molecule has 3 heteroatoms. The van der Waals surface area contributed by atoms with E-state index in [9.17, 15) is 14.7 Å². The monoisotopic (exact) mass is 558 g/mol. The first-order valence-corrected chi connectivity index (χ1v) is 16.7. The molecular formula is C38H54O3. The molecule has 0 saturated heterocycles. The van der Waals surface area contributed by atoms with Crippen molar-refractivity contribution in [1.82, 2.24) is 0 Å². The lowest BCUT2D eigenvalue weighted by molar-refractivity contribution is -0.226. The highest BCUT2D eigenvalue weighted by Crippen LogP contribution is 2.77. The lowest BCUT2D eigenvalue weighted by Gasteiger charge is -2.72. The Balaban J connectivity index is 1.37. The number of hydrogen-bond acceptors (Lipinski definition) is 2. The summed E-state index contributed by atoms with van der Waals surface area (Å²) in [6, 6.07) is 7.57. The molecule has 0 unspecified atom stereocenters. The summed E-state index contributed by atoms with van der Waals surface area (Å²) in [5, 5.41) is 9.42. The summed E-state index contributed by atoms with van der Waals surface area (Å²) in [6.07, 6.45) is 13.4. The molecule has 224 valence electrons. The number of hydrogen-bond donors (Lipinski definition) is 1. The summed E-state index contributed by atoms with van der Waals surface area (Å²) >= 11 is 0. The fourth-order valence-corrected chi connectivity index (χ4v) is 12.9. The minimum Gasteiger partial charge on any atom is -0.478 e. The third-order valence-electron chi connectivity index (χ3n) is 15.1. The number of carboxylic acids is 1. The molecule has 0 aromatic heterocycles. The molecule has 3 nitrogen and oxygen atoms in total. The fraction of sp³-hybridized carbons (Fsp3) is 0.737. The van der Waals surface area contributed by atoms with Gasteiger partial charge >= 0.3 is 5.97 Å². The molecule has 1 aromatic rings. The molecule has 5 aliphatic rings. The molecule has 0 bridgehead atoms. The van der Waals surface area contributed by atoms with E-state index in [1.165, 1.54) is 49.7 Å². The zero-order chi connectivity index (χ0) is 29.8. The quantitative estimate of drug-likeness (QED) is 0.400. The van der Waals surface area contributed by atoms with Crippen molar-refractivity contribution in [1.29, 1.82) is 0 Å². The second-order valence-electron chi connectivity index (χ2n) is 16.8. The average molecular weight is 559 g/mol. The summed E-state index contributed by atoms with van der Waals surface area (Å²) in [5.74, 6) is 3.46. The number of fused-ring (bicyclic) bond motifs is 7. The van der Waals surface area contributed by atoms with Crippen molar-refractivity contribution in [3.8, 4) is 0 Å². The maximum atomic E-state index is 13.4. The van der Waals surface area contributed by atoms with Gasteiger partial charge in [0.25, 0.3) is 0 Å². The van der Waals surface area contributed by atoms with Crippen molar-refractivity contribution in [3.63, 3.8) is 0 Å². The van der Waals surface area contributed by atoms with Crippen LogP contribution in [0, 0.1) is 62.6 Å². The van der Waals surface area contributed by atoms with E-state index in [-0.39, 0.29) is 21.7 Å². The Kier molecular flexibility index (Phi) is 6.62. The molecule has 0 spiro atoms. The molecule has 41 heavy (non-hydrogen) atoms. The van der Waals surface area contributed by atoms with Gasteiger partial charge in [-0.15, -0.1) is 0 Å². The fourth-order valence-electron chi connectivity index (χ4n) is 12.9. The predicted octanol–water partition coefficient (Wildman–Crippen LogP) is 9.70. The predicted molar refractivity (Wildman–Crippen MR) is 166 cm³/mol. The van der Waals surface area contributed by atoms with Gasteiger partial charge in [0.05, 0.1) is 5.56 Å². The average Bonchev–Trinajstić information content (AvgIpc) is 3.30. The van der Waals surface area contributed by atoms with Gasteiger partial charge < -0.3 is 5.11 Å². The number of aromatic carboxylic acids is 1. The molecular weight excluding hydrogens is 504 g/mol. The number of Topliss-reactive ketones (excluding diaryl/α,β-unsaturated/α-hetero) is 1. The van der Waals surface area contributed by atoms with Crippen LogP contribution >= 0.6 is 0 Å². The summed E-state index contributed by atoms with van der Waals surface area (Å²) in [5.41, 5.74) is 3.72. The number of benzene rings is 1. The van der Waals surface area contributed by atoms with E-state index in [1.807, 2.05) is 19.1 Å². The van der Waals surface area contributed by atoms with Crippen molar-refractivity contribution >= 4 is 17.3 Å². The highest BCUT2D eigenvalue weighted by Gasteiger charge is 2.71. The van der Waals surface area contributed by atoms with Gasteiger partial charge in [0.2, 0.25) is 0 Å². The molecule has 0 amide bonds. The largest absolute Gasteiger partial charge is 0.478 e. The van der Waals surface area contributed by atoms with Crippen LogP contribution in [0.15, 0.2) is 30.3 Å². The van der Waals surface area contributed by atoms with Crippen molar-refractivity contribution in [2.24, 2.45) is 62.6 Å². The van der Waals surface area contributed by atoms with Gasteiger partial charge in [-0.3, -0.25) is 4.79 Å². The minimum absolute atomic E-state index is 0.0291. The number of carboxylic acid groups (broad SMARTS) is 1. The molecule has 9 atom stereocenters. The number of carbonyl (C=O) groups excluding carboxylic acids is 1. The number of rotatable bonds is 4. The van der Waals surface area contributed by atoms with Crippen molar-refractivity contribution < 1.29 is 14.7 Å². The Bertz CT molecular complexity index is 1270. The molecule has 4 saturated carbocycles. The van der Waals surface area contributed by atoms with E-state index in [0.29, 0.717) is 52.3 Å². The van der Waals surface area contributed by atoms with Crippen LogP contribution in [0.3, 0.4) is 0 Å². The van der Waals surface area contributed by atoms with Crippen LogP contribution in [0.5, 0.6) is 0 Å². The molecule has 6 rings (SSSR count). The Morgan fingerprint density at radius 1 is 0.829 bits per heavy atom. The van der Waals surface area contributed by atoms with Crippen LogP contribution in [0.4, 0.5) is 0 Å². The van der Waals surface area contributed by atoms with Gasteiger partial charge in [-0.25, -0.2) is 4.79 Å². The van der Waals surface area contributed by atoms with Crippen LogP contribution in [0.1, 0.15) is 129 Å². The van der Waals surface area contributed by atoms with Crippen molar-refractivity contribution in [2.45, 2.75) is 113 Å². The van der Waals surface area contributed by atoms with E-state index in [0.717, 1.165) is 19.3 Å². The van der Waals surface area contributed by atoms with Crippen molar-refractivity contribution in [3.05, 3.63) is 41.5 Å². The first-order chi connectivity index (χ1) is 19.1. The van der Waals surface area contributed by atoms with Gasteiger partial charge in [-0.2, -0.15) is 0 Å². The second-order valence-corrected chi connectivity index (χ2v) is 16.8. The topological polar surface area (TPSA) is 54.4 Å². The van der Waals surface area contributed by atoms with E-state index in [2.05, 4.69) is 54.5 Å². The third kappa shape index (κ3) is 3.75. The molecule has 4 fully saturated rings. The number of ketones is 1. The smallest absolute Gasteiger partial charge is 0.335 e. The van der Waals surface area contributed by atoms with Crippen molar-refractivity contribution in [2.75, 3.05) is 0 Å². The SMILES string of the molecule is CC(=O)[C@]12CC[C@@H](C(C)C)[C@@H]1[C@H]1CC[C@@H]3[C@@]4(C)CC=C(c5ccc(C(=O)O)cc5)C(C)(C)[C@@H]4CC[C@@]3(C)[C@]1(C)CC2. The van der Waals surface area contributed by atoms with Crippen LogP contribution in [-0.2, 0) is 4.79 Å². The molecule has 1 aromatic carbocycles.